The third kappa shape index (κ3) is 6.87. The average Bonchev–Trinajstić information content (AvgIpc) is 3.86. The van der Waals surface area contributed by atoms with E-state index in [1.165, 1.54) is 0 Å². The van der Waals surface area contributed by atoms with Crippen LogP contribution in [0.2, 0.25) is 0 Å². The van der Waals surface area contributed by atoms with Gasteiger partial charge in [-0.25, -0.2) is 0 Å². The number of carbonyl (C=O) groups is 2. The van der Waals surface area contributed by atoms with Gasteiger partial charge in [-0.05, 0) is 0 Å². The predicted octanol–water partition coefficient (Wildman–Crippen LogP) is 12.6. The number of hydrogen-bond donors (Lipinski definition) is 2. The Kier molecular flexibility index (Phi) is 11.1. The van der Waals surface area contributed by atoms with Crippen LogP contribution in [0.3, 0.4) is 0 Å². The first-order valence-electron chi connectivity index (χ1n) is 20.1. The summed E-state index contributed by atoms with van der Waals surface area (Å²) in [5, 5.41) is 6.58. The fourth-order valence-corrected chi connectivity index (χ4v) is 37.7. The first-order valence-corrected chi connectivity index (χ1v) is 35.3. The van der Waals surface area contributed by atoms with Crippen molar-refractivity contribution in [1.82, 2.24) is 10.5 Å². The zero-order valence-electron chi connectivity index (χ0n) is 33.2. The monoisotopic (exact) mass is 967 g/mol. The van der Waals surface area contributed by atoms with E-state index in [1.54, 1.807) is 0 Å². The summed E-state index contributed by atoms with van der Waals surface area (Å²) in [7, 11) is 18.1. The van der Waals surface area contributed by atoms with Gasteiger partial charge < -0.3 is 0 Å². The van der Waals surface area contributed by atoms with E-state index in [2.05, 4.69) is 146 Å². The van der Waals surface area contributed by atoms with Crippen LogP contribution in [0.4, 0.5) is 0 Å². The molecule has 4 nitrogen and oxygen atoms in total. The summed E-state index contributed by atoms with van der Waals surface area (Å²) in [5.41, 5.74) is 14.7. The van der Waals surface area contributed by atoms with Crippen LogP contribution in [0.1, 0.15) is 78.5 Å². The van der Waals surface area contributed by atoms with Crippen molar-refractivity contribution in [1.29, 1.82) is 0 Å². The molecule has 0 heterocycles. The summed E-state index contributed by atoms with van der Waals surface area (Å²) in [5.74, 6) is -0.472. The molecule has 6 aromatic carbocycles. The fourth-order valence-electron chi connectivity index (χ4n) is 9.31. The van der Waals surface area contributed by atoms with Gasteiger partial charge in [0.2, 0.25) is 0 Å². The molecule has 6 aromatic rings. The van der Waals surface area contributed by atoms with Crippen LogP contribution in [0.15, 0.2) is 146 Å². The van der Waals surface area contributed by atoms with E-state index in [9.17, 15) is 9.59 Å². The molecule has 2 aliphatic carbocycles. The number of amides is 2. The van der Waals surface area contributed by atoms with Gasteiger partial charge in [-0.15, -0.1) is 0 Å². The number of allylic oxidation sites excluding steroid dienone is 2. The zero-order chi connectivity index (χ0) is 40.6. The van der Waals surface area contributed by atoms with E-state index >= 15 is 0 Å². The summed E-state index contributed by atoms with van der Waals surface area (Å²) in [6.45, 7) is 7.88. The molecule has 8 heteroatoms. The molecule has 0 radical (unpaired) electrons. The third-order valence-electron chi connectivity index (χ3n) is 12.1. The number of halogens is 2. The van der Waals surface area contributed by atoms with Crippen molar-refractivity contribution in [3.63, 3.8) is 0 Å². The van der Waals surface area contributed by atoms with Crippen molar-refractivity contribution >= 4 is 56.8 Å². The number of carbonyl (C=O) groups excluding carboxylic acids is 2. The number of nitrogens with one attached hydrogen (secondary N) is 2. The molecule has 2 aliphatic rings. The molecule has 0 bridgehead atoms. The van der Waals surface area contributed by atoms with Crippen LogP contribution >= 0.6 is 17.2 Å². The van der Waals surface area contributed by atoms with Crippen molar-refractivity contribution in [2.75, 3.05) is 0 Å². The van der Waals surface area contributed by atoms with Gasteiger partial charge in [-0.2, -0.15) is 0 Å². The molecule has 0 aromatic heterocycles. The number of benzene rings is 6. The van der Waals surface area contributed by atoms with Crippen LogP contribution in [0.25, 0.3) is 45.6 Å². The molecule has 8 rings (SSSR count). The maximum absolute atomic E-state index is 13.9. The van der Waals surface area contributed by atoms with Gasteiger partial charge in [0.1, 0.15) is 0 Å². The molecular formula is C50H46BCl2HfN2O2. The van der Waals surface area contributed by atoms with Crippen molar-refractivity contribution in [3.8, 4) is 22.3 Å². The molecule has 0 fully saturated rings. The Morgan fingerprint density at radius 1 is 0.517 bits per heavy atom. The van der Waals surface area contributed by atoms with Crippen LogP contribution in [-0.4, -0.2) is 16.4 Å². The minimum atomic E-state index is -6.46. The Bertz CT molecular complexity index is 2450. The standard InChI is InChI=1S/2C22H17.C6H11BN2O2.2ClH.Hf/c2*1-16-8-5-6-12-20(16)21-13-7-11-18-14-19(15-22(18)21)17-9-3-2-4-10-17;1-3-5(10)8-7-9-6(11)4-2;;;/h2*2-15H,1H3;3-4H2,1-2H3,(H-,8,9,10,11);2*1H;/q;;;;;+1/p-1. The predicted molar refractivity (Wildman–Crippen MR) is 242 cm³/mol. The van der Waals surface area contributed by atoms with Crippen molar-refractivity contribution in [3.05, 3.63) is 190 Å². The van der Waals surface area contributed by atoms with Crippen LogP contribution in [0, 0.1) is 13.8 Å². The van der Waals surface area contributed by atoms with Gasteiger partial charge in [0.05, 0.1) is 0 Å². The Hall–Kier alpha value is -4.74. The van der Waals surface area contributed by atoms with Crippen LogP contribution in [-0.2, 0) is 25.5 Å². The van der Waals surface area contributed by atoms with Gasteiger partial charge in [0.25, 0.3) is 0 Å². The average molecular weight is 967 g/mol. The molecule has 2 N–H and O–H groups in total. The molecule has 2 amide bonds. The van der Waals surface area contributed by atoms with Gasteiger partial charge in [0, 0.05) is 0 Å². The summed E-state index contributed by atoms with van der Waals surface area (Å²) in [6, 6.07) is 50.3. The molecule has 0 saturated heterocycles. The summed E-state index contributed by atoms with van der Waals surface area (Å²) in [6.07, 6.45) is 4.92. The quantitative estimate of drug-likeness (QED) is 0.127. The first kappa shape index (κ1) is 40.1. The van der Waals surface area contributed by atoms with Gasteiger partial charge >= 0.3 is 353 Å². The number of aryl methyl sites for hydroxylation is 2. The van der Waals surface area contributed by atoms with Gasteiger partial charge in [-0.3, -0.25) is 0 Å². The van der Waals surface area contributed by atoms with E-state index in [4.69, 9.17) is 17.2 Å². The van der Waals surface area contributed by atoms with Crippen molar-refractivity contribution in [2.45, 2.75) is 47.9 Å². The van der Waals surface area contributed by atoms with E-state index in [0.717, 1.165) is 77.9 Å². The molecular weight excluding hydrogens is 921 g/mol. The second-order valence-electron chi connectivity index (χ2n) is 15.5. The third-order valence-corrected chi connectivity index (χ3v) is 40.2. The van der Waals surface area contributed by atoms with E-state index in [0.29, 0.717) is 0 Å². The van der Waals surface area contributed by atoms with Crippen LogP contribution in [0.5, 0.6) is 0 Å². The number of rotatable bonds is 11. The molecule has 2 unspecified atom stereocenters. The minimum absolute atomic E-state index is 0.194. The van der Waals surface area contributed by atoms with Gasteiger partial charge in [-0.1, -0.05) is 0 Å². The number of fused-ring (bicyclic) bond motifs is 2. The summed E-state index contributed by atoms with van der Waals surface area (Å²) < 4.78 is -2.17. The zero-order valence-corrected chi connectivity index (χ0v) is 38.3. The van der Waals surface area contributed by atoms with E-state index in [1.807, 2.05) is 50.2 Å². The topological polar surface area (TPSA) is 58.2 Å². The van der Waals surface area contributed by atoms with Crippen LogP contribution < -0.4 is 10.5 Å². The first-order chi connectivity index (χ1) is 28.0. The number of hydrogen-bond acceptors (Lipinski definition) is 2. The Morgan fingerprint density at radius 2 is 0.879 bits per heavy atom. The normalized spacial score (nSPS) is 16.3. The molecule has 0 saturated carbocycles. The molecule has 2 atom stereocenters. The maximum atomic E-state index is 13.9. The SMILES string of the molecule is CCC(=O)N[B](NC(=O)CC)[Hf]([Cl])([Cl])([CH]1C(c2ccccc2)=Cc2c(-c3ccccc3C)cccc21)[CH]1C(c2ccccc2)=Cc2c(-c3ccccc3C)cccc21. The Labute approximate surface area is 350 Å². The van der Waals surface area contributed by atoms with E-state index < -0.39 is 27.8 Å². The van der Waals surface area contributed by atoms with E-state index in [-0.39, 0.29) is 24.7 Å². The second-order valence-corrected chi connectivity index (χ2v) is 46.0. The second kappa shape index (κ2) is 16.1. The van der Waals surface area contributed by atoms with Crippen molar-refractivity contribution in [2.24, 2.45) is 0 Å². The molecule has 58 heavy (non-hydrogen) atoms. The fraction of sp³-hybridized carbons (Fsp3) is 0.160. The molecule has 289 valence electrons. The molecule has 0 aliphatic heterocycles. The summed E-state index contributed by atoms with van der Waals surface area (Å²) >= 11 is -6.46. The van der Waals surface area contributed by atoms with Gasteiger partial charge in [0.15, 0.2) is 0 Å². The molecule has 0 spiro atoms. The Morgan fingerprint density at radius 3 is 1.26 bits per heavy atom. The van der Waals surface area contributed by atoms with Crippen molar-refractivity contribution < 1.29 is 25.5 Å². The summed E-state index contributed by atoms with van der Waals surface area (Å²) in [4.78, 5) is 27.8. The Balaban J connectivity index is 1.51.